The summed E-state index contributed by atoms with van der Waals surface area (Å²) in [7, 11) is 3.71. The number of rotatable bonds is 5. The van der Waals surface area contributed by atoms with E-state index in [-0.39, 0.29) is 5.82 Å². The smallest absolute Gasteiger partial charge is 0.128 e. The maximum absolute atomic E-state index is 14.3. The van der Waals surface area contributed by atoms with Crippen LogP contribution in [0.4, 0.5) is 15.8 Å². The molecule has 1 fully saturated rings. The molecule has 4 nitrogen and oxygen atoms in total. The number of furan rings is 1. The third kappa shape index (κ3) is 2.74. The molecule has 1 saturated carbocycles. The third-order valence-electron chi connectivity index (χ3n) is 3.86. The van der Waals surface area contributed by atoms with E-state index < -0.39 is 0 Å². The van der Waals surface area contributed by atoms with E-state index in [1.807, 2.05) is 24.1 Å². The van der Waals surface area contributed by atoms with Crippen LogP contribution in [0.3, 0.4) is 0 Å². The van der Waals surface area contributed by atoms with Crippen molar-refractivity contribution in [3.05, 3.63) is 47.7 Å². The monoisotopic (exact) mass is 289 g/mol. The van der Waals surface area contributed by atoms with Crippen LogP contribution in [0.15, 0.2) is 34.9 Å². The Hall–Kier alpha value is -2.01. The quantitative estimate of drug-likeness (QED) is 0.678. The molecule has 1 heterocycles. The standard InChI is InChI=1S/C16H20FN3O/c1-19(10-12-4-3-9-21-12)16-14(20(2)18)8-7-13(17)15(16)11-5-6-11/h3-4,7-9,11H,5-6,10,18H2,1-2H3. The van der Waals surface area contributed by atoms with Gasteiger partial charge in [0.15, 0.2) is 0 Å². The van der Waals surface area contributed by atoms with Crippen molar-refractivity contribution < 1.29 is 8.81 Å². The van der Waals surface area contributed by atoms with Gasteiger partial charge in [-0.1, -0.05) is 0 Å². The lowest BCUT2D eigenvalue weighted by molar-refractivity contribution is 0.507. The lowest BCUT2D eigenvalue weighted by Crippen LogP contribution is -2.29. The highest BCUT2D eigenvalue weighted by atomic mass is 19.1. The van der Waals surface area contributed by atoms with Crippen molar-refractivity contribution in [2.75, 3.05) is 24.0 Å². The van der Waals surface area contributed by atoms with Gasteiger partial charge in [0.1, 0.15) is 11.6 Å². The minimum absolute atomic E-state index is 0.149. The number of hydrazine groups is 1. The van der Waals surface area contributed by atoms with Crippen molar-refractivity contribution in [2.45, 2.75) is 25.3 Å². The van der Waals surface area contributed by atoms with Crippen molar-refractivity contribution >= 4 is 11.4 Å². The number of benzene rings is 1. The summed E-state index contributed by atoms with van der Waals surface area (Å²) in [5.74, 6) is 6.92. The van der Waals surface area contributed by atoms with Gasteiger partial charge in [0, 0.05) is 19.7 Å². The minimum atomic E-state index is -0.149. The summed E-state index contributed by atoms with van der Waals surface area (Å²) >= 11 is 0. The number of halogens is 1. The normalized spacial score (nSPS) is 14.3. The maximum atomic E-state index is 14.3. The molecule has 1 aromatic heterocycles. The lowest BCUT2D eigenvalue weighted by atomic mass is 10.0. The zero-order valence-corrected chi connectivity index (χ0v) is 12.3. The van der Waals surface area contributed by atoms with Crippen LogP contribution in [0, 0.1) is 5.82 Å². The van der Waals surface area contributed by atoms with Crippen LogP contribution in [0.2, 0.25) is 0 Å². The van der Waals surface area contributed by atoms with E-state index in [0.29, 0.717) is 12.5 Å². The topological polar surface area (TPSA) is 45.6 Å². The second-order valence-corrected chi connectivity index (χ2v) is 5.65. The summed E-state index contributed by atoms with van der Waals surface area (Å²) < 4.78 is 19.7. The molecular formula is C16H20FN3O. The van der Waals surface area contributed by atoms with E-state index in [4.69, 9.17) is 10.3 Å². The number of anilines is 2. The molecule has 2 N–H and O–H groups in total. The predicted molar refractivity (Wildman–Crippen MR) is 81.8 cm³/mol. The SMILES string of the molecule is CN(N)c1ccc(F)c(C2CC2)c1N(C)Cc1ccco1. The van der Waals surface area contributed by atoms with Crippen LogP contribution in [0.5, 0.6) is 0 Å². The van der Waals surface area contributed by atoms with Gasteiger partial charge in [0.05, 0.1) is 24.2 Å². The third-order valence-corrected chi connectivity index (χ3v) is 3.86. The Balaban J connectivity index is 2.03. The molecule has 0 bridgehead atoms. The molecule has 0 saturated heterocycles. The summed E-state index contributed by atoms with van der Waals surface area (Å²) in [6, 6.07) is 7.01. The Morgan fingerprint density at radius 3 is 2.62 bits per heavy atom. The fourth-order valence-corrected chi connectivity index (χ4v) is 2.73. The van der Waals surface area contributed by atoms with Crippen LogP contribution in [-0.4, -0.2) is 14.1 Å². The first-order chi connectivity index (χ1) is 10.1. The van der Waals surface area contributed by atoms with Crippen molar-refractivity contribution in [1.82, 2.24) is 0 Å². The number of nitrogens with zero attached hydrogens (tertiary/aromatic N) is 2. The molecule has 1 aromatic carbocycles. The number of hydrogen-bond acceptors (Lipinski definition) is 4. The van der Waals surface area contributed by atoms with Crippen molar-refractivity contribution in [1.29, 1.82) is 0 Å². The van der Waals surface area contributed by atoms with Gasteiger partial charge >= 0.3 is 0 Å². The Kier molecular flexibility index (Phi) is 3.59. The molecule has 112 valence electrons. The fraction of sp³-hybridized carbons (Fsp3) is 0.375. The summed E-state index contributed by atoms with van der Waals surface area (Å²) in [4.78, 5) is 2.01. The molecule has 0 unspecified atom stereocenters. The number of nitrogens with two attached hydrogens (primary N) is 1. The minimum Gasteiger partial charge on any atom is -0.467 e. The zero-order valence-electron chi connectivity index (χ0n) is 12.3. The molecule has 0 radical (unpaired) electrons. The van der Waals surface area contributed by atoms with Gasteiger partial charge in [0.2, 0.25) is 0 Å². The molecule has 21 heavy (non-hydrogen) atoms. The van der Waals surface area contributed by atoms with Crippen LogP contribution >= 0.6 is 0 Å². The van der Waals surface area contributed by atoms with E-state index >= 15 is 0 Å². The van der Waals surface area contributed by atoms with Gasteiger partial charge in [-0.15, -0.1) is 0 Å². The first-order valence-corrected chi connectivity index (χ1v) is 7.12. The summed E-state index contributed by atoms with van der Waals surface area (Å²) in [6.45, 7) is 0.580. The molecule has 1 aliphatic rings. The average molecular weight is 289 g/mol. The molecule has 0 aliphatic heterocycles. The van der Waals surface area contributed by atoms with Crippen molar-refractivity contribution in [3.8, 4) is 0 Å². The van der Waals surface area contributed by atoms with E-state index in [2.05, 4.69) is 0 Å². The highest BCUT2D eigenvalue weighted by Crippen LogP contribution is 2.48. The summed E-state index contributed by atoms with van der Waals surface area (Å²) in [5.41, 5.74) is 2.46. The van der Waals surface area contributed by atoms with E-state index in [1.54, 1.807) is 24.4 Å². The van der Waals surface area contributed by atoms with E-state index in [9.17, 15) is 4.39 Å². The highest BCUT2D eigenvalue weighted by Gasteiger charge is 2.32. The Bertz CT molecular complexity index is 621. The lowest BCUT2D eigenvalue weighted by Gasteiger charge is -2.28. The van der Waals surface area contributed by atoms with Crippen molar-refractivity contribution in [2.24, 2.45) is 5.84 Å². The van der Waals surface area contributed by atoms with Gasteiger partial charge in [0.25, 0.3) is 0 Å². The van der Waals surface area contributed by atoms with Crippen LogP contribution < -0.4 is 15.8 Å². The van der Waals surface area contributed by atoms with E-state index in [0.717, 1.165) is 35.5 Å². The summed E-state index contributed by atoms with van der Waals surface area (Å²) in [6.07, 6.45) is 3.72. The van der Waals surface area contributed by atoms with Crippen LogP contribution in [0.25, 0.3) is 0 Å². The van der Waals surface area contributed by atoms with Crippen LogP contribution in [-0.2, 0) is 6.54 Å². The second kappa shape index (κ2) is 5.41. The van der Waals surface area contributed by atoms with E-state index in [1.165, 1.54) is 6.07 Å². The van der Waals surface area contributed by atoms with Gasteiger partial charge in [-0.2, -0.15) is 0 Å². The number of hydrogen-bond donors (Lipinski definition) is 1. The molecule has 2 aromatic rings. The Morgan fingerprint density at radius 2 is 2.05 bits per heavy atom. The molecule has 0 atom stereocenters. The average Bonchev–Trinajstić information content (AvgIpc) is 3.15. The molecule has 0 amide bonds. The molecule has 5 heteroatoms. The predicted octanol–water partition coefficient (Wildman–Crippen LogP) is 3.24. The van der Waals surface area contributed by atoms with Gasteiger partial charge in [-0.25, -0.2) is 10.2 Å². The Labute approximate surface area is 123 Å². The largest absolute Gasteiger partial charge is 0.467 e. The van der Waals surface area contributed by atoms with Crippen LogP contribution in [0.1, 0.15) is 30.1 Å². The molecule has 3 rings (SSSR count). The highest BCUT2D eigenvalue weighted by molar-refractivity contribution is 5.75. The maximum Gasteiger partial charge on any atom is 0.128 e. The Morgan fingerprint density at radius 1 is 1.29 bits per heavy atom. The van der Waals surface area contributed by atoms with Gasteiger partial charge < -0.3 is 14.3 Å². The van der Waals surface area contributed by atoms with Crippen molar-refractivity contribution in [3.63, 3.8) is 0 Å². The zero-order chi connectivity index (χ0) is 15.0. The van der Waals surface area contributed by atoms with Gasteiger partial charge in [-0.05, 0) is 43.0 Å². The fourth-order valence-electron chi connectivity index (χ4n) is 2.73. The molecule has 0 spiro atoms. The second-order valence-electron chi connectivity index (χ2n) is 5.65. The first kappa shape index (κ1) is 13.9. The summed E-state index contributed by atoms with van der Waals surface area (Å²) in [5, 5.41) is 1.54. The first-order valence-electron chi connectivity index (χ1n) is 7.12. The molecular weight excluding hydrogens is 269 g/mol. The van der Waals surface area contributed by atoms with Gasteiger partial charge in [-0.3, -0.25) is 0 Å². The molecule has 1 aliphatic carbocycles.